The Morgan fingerprint density at radius 2 is 2.14 bits per heavy atom. The fourth-order valence-electron chi connectivity index (χ4n) is 2.48. The van der Waals surface area contributed by atoms with E-state index in [9.17, 15) is 4.79 Å². The number of hydrogen-bond acceptors (Lipinski definition) is 5. The molecule has 0 spiro atoms. The van der Waals surface area contributed by atoms with Gasteiger partial charge in [-0.3, -0.25) is 4.68 Å². The van der Waals surface area contributed by atoms with Gasteiger partial charge in [-0.2, -0.15) is 5.10 Å². The van der Waals surface area contributed by atoms with Gasteiger partial charge in [0.15, 0.2) is 5.84 Å². The number of nitrogens with zero attached hydrogens (tertiary/aromatic N) is 3. The Bertz CT molecular complexity index is 1040. The number of methoxy groups -OCH3 is 1. The van der Waals surface area contributed by atoms with Crippen LogP contribution in [0.5, 0.6) is 5.75 Å². The highest BCUT2D eigenvalue weighted by Gasteiger charge is 2.12. The van der Waals surface area contributed by atoms with Crippen LogP contribution in [-0.2, 0) is 11.4 Å². The number of carbonyl (C=O) groups excluding carboxylic acids is 1. The van der Waals surface area contributed by atoms with E-state index in [4.69, 9.17) is 26.9 Å². The Kier molecular flexibility index (Phi) is 6.33. The van der Waals surface area contributed by atoms with Gasteiger partial charge in [-0.25, -0.2) is 4.79 Å². The molecule has 0 saturated heterocycles. The van der Waals surface area contributed by atoms with Crippen LogP contribution in [-0.4, -0.2) is 28.7 Å². The van der Waals surface area contributed by atoms with Gasteiger partial charge >= 0.3 is 5.97 Å². The van der Waals surface area contributed by atoms with Crippen LogP contribution in [0.1, 0.15) is 21.5 Å². The molecule has 144 valence electrons. The summed E-state index contributed by atoms with van der Waals surface area (Å²) in [6, 6.07) is 11.9. The number of nitrogens with two attached hydrogens (primary N) is 1. The largest absolute Gasteiger partial charge is 0.496 e. The van der Waals surface area contributed by atoms with Crippen LogP contribution in [0.3, 0.4) is 0 Å². The van der Waals surface area contributed by atoms with Crippen molar-refractivity contribution in [2.75, 3.05) is 7.11 Å². The van der Waals surface area contributed by atoms with E-state index in [0.29, 0.717) is 28.4 Å². The fourth-order valence-corrected chi connectivity index (χ4v) is 2.98. The van der Waals surface area contributed by atoms with Crippen LogP contribution in [0.15, 0.2) is 64.5 Å². The average Bonchev–Trinajstić information content (AvgIpc) is 3.10. The van der Waals surface area contributed by atoms with Crippen molar-refractivity contribution in [3.63, 3.8) is 0 Å². The second kappa shape index (κ2) is 8.90. The second-order valence-corrected chi connectivity index (χ2v) is 7.11. The smallest absolute Gasteiger partial charge is 0.365 e. The van der Waals surface area contributed by atoms with Crippen molar-refractivity contribution in [1.29, 1.82) is 0 Å². The van der Waals surface area contributed by atoms with E-state index in [1.165, 1.54) is 7.11 Å². The number of benzene rings is 2. The van der Waals surface area contributed by atoms with Crippen molar-refractivity contribution >= 4 is 39.3 Å². The molecule has 0 saturated carbocycles. The third-order valence-corrected chi connectivity index (χ3v) is 4.42. The highest BCUT2D eigenvalue weighted by Crippen LogP contribution is 2.22. The lowest BCUT2D eigenvalue weighted by molar-refractivity contribution is 0.0516. The summed E-state index contributed by atoms with van der Waals surface area (Å²) in [6.45, 7) is 0.512. The molecule has 0 amide bonds. The van der Waals surface area contributed by atoms with Gasteiger partial charge in [0.25, 0.3) is 0 Å². The van der Waals surface area contributed by atoms with Gasteiger partial charge in [0, 0.05) is 11.2 Å². The molecule has 1 aromatic heterocycles. The predicted molar refractivity (Wildman–Crippen MR) is 110 cm³/mol. The van der Waals surface area contributed by atoms with Crippen LogP contribution in [0.2, 0.25) is 5.02 Å². The van der Waals surface area contributed by atoms with Gasteiger partial charge in [0.2, 0.25) is 0 Å². The summed E-state index contributed by atoms with van der Waals surface area (Å²) in [5, 5.41) is 8.37. The minimum Gasteiger partial charge on any atom is -0.496 e. The molecule has 2 aromatic carbocycles. The van der Waals surface area contributed by atoms with E-state index in [1.54, 1.807) is 47.3 Å². The third kappa shape index (κ3) is 4.90. The second-order valence-electron chi connectivity index (χ2n) is 5.76. The van der Waals surface area contributed by atoms with Gasteiger partial charge < -0.3 is 15.3 Å². The summed E-state index contributed by atoms with van der Waals surface area (Å²) < 4.78 is 7.84. The predicted octanol–water partition coefficient (Wildman–Crippen LogP) is 3.83. The van der Waals surface area contributed by atoms with Crippen molar-refractivity contribution in [3.8, 4) is 5.75 Å². The quantitative estimate of drug-likeness (QED) is 0.260. The maximum atomic E-state index is 12.3. The molecule has 0 unspecified atom stereocenters. The van der Waals surface area contributed by atoms with Crippen LogP contribution in [0.25, 0.3) is 0 Å². The summed E-state index contributed by atoms with van der Waals surface area (Å²) in [6.07, 6.45) is 3.54. The molecule has 2 N–H and O–H groups in total. The van der Waals surface area contributed by atoms with Gasteiger partial charge in [0.1, 0.15) is 5.75 Å². The van der Waals surface area contributed by atoms with Gasteiger partial charge in [0.05, 0.1) is 35.5 Å². The van der Waals surface area contributed by atoms with Crippen LogP contribution < -0.4 is 10.5 Å². The Hall–Kier alpha value is -2.84. The van der Waals surface area contributed by atoms with E-state index >= 15 is 0 Å². The summed E-state index contributed by atoms with van der Waals surface area (Å²) in [7, 11) is 1.50. The molecular weight excluding hydrogens is 448 g/mol. The molecule has 0 fully saturated rings. The molecule has 0 aliphatic heterocycles. The summed E-state index contributed by atoms with van der Waals surface area (Å²) >= 11 is 9.33. The van der Waals surface area contributed by atoms with E-state index in [0.717, 1.165) is 10.0 Å². The number of hydrogen-bond donors (Lipinski definition) is 1. The van der Waals surface area contributed by atoms with Crippen molar-refractivity contribution in [2.45, 2.75) is 6.54 Å². The first kappa shape index (κ1) is 19.9. The summed E-state index contributed by atoms with van der Waals surface area (Å²) in [4.78, 5) is 17.3. The van der Waals surface area contributed by atoms with E-state index < -0.39 is 5.97 Å². The third-order valence-electron chi connectivity index (χ3n) is 3.77. The zero-order valence-electron chi connectivity index (χ0n) is 14.8. The highest BCUT2D eigenvalue weighted by molar-refractivity contribution is 9.10. The van der Waals surface area contributed by atoms with Crippen molar-refractivity contribution in [3.05, 3.63) is 81.0 Å². The fraction of sp³-hybridized carbons (Fsp3) is 0.105. The van der Waals surface area contributed by atoms with Crippen LogP contribution in [0, 0.1) is 0 Å². The molecule has 3 aromatic rings. The Morgan fingerprint density at radius 3 is 2.86 bits per heavy atom. The molecule has 0 bridgehead atoms. The lowest BCUT2D eigenvalue weighted by atomic mass is 10.1. The van der Waals surface area contributed by atoms with E-state index in [-0.39, 0.29) is 5.84 Å². The molecule has 0 aliphatic carbocycles. The van der Waals surface area contributed by atoms with Crippen molar-refractivity contribution in [1.82, 2.24) is 9.78 Å². The van der Waals surface area contributed by atoms with Crippen LogP contribution in [0.4, 0.5) is 0 Å². The number of aromatic nitrogens is 2. The molecular formula is C19H16BrClN4O3. The summed E-state index contributed by atoms with van der Waals surface area (Å²) in [5.74, 6) is -0.188. The zero-order chi connectivity index (χ0) is 20.1. The molecule has 0 aliphatic rings. The molecule has 7 nitrogen and oxygen atoms in total. The number of carbonyl (C=O) groups is 1. The average molecular weight is 464 g/mol. The molecule has 3 rings (SSSR count). The normalized spacial score (nSPS) is 11.3. The van der Waals surface area contributed by atoms with Gasteiger partial charge in [-0.1, -0.05) is 28.9 Å². The number of ether oxygens (including phenoxy) is 1. The van der Waals surface area contributed by atoms with Crippen LogP contribution >= 0.6 is 27.5 Å². The summed E-state index contributed by atoms with van der Waals surface area (Å²) in [5.41, 5.74) is 7.58. The molecule has 0 radical (unpaired) electrons. The zero-order valence-corrected chi connectivity index (χ0v) is 17.1. The highest BCUT2D eigenvalue weighted by atomic mass is 79.9. The first-order valence-corrected chi connectivity index (χ1v) is 9.29. The first-order chi connectivity index (χ1) is 13.5. The van der Waals surface area contributed by atoms with Gasteiger partial charge in [-0.05, 0) is 51.8 Å². The Morgan fingerprint density at radius 1 is 1.32 bits per heavy atom. The number of rotatable bonds is 6. The van der Waals surface area contributed by atoms with E-state index in [2.05, 4.69) is 26.2 Å². The standard InChI is InChI=1S/C19H16BrClN4O3/c1-27-17-6-5-15(21)8-16(17)18(22)24-28-19(26)13-4-2-3-12(7-13)10-25-11-14(20)9-23-25/h2-9,11H,10H2,1H3,(H2,22,24). The minimum atomic E-state index is -0.632. The minimum absolute atomic E-state index is 0.0229. The lowest BCUT2D eigenvalue weighted by Crippen LogP contribution is -2.16. The molecule has 28 heavy (non-hydrogen) atoms. The number of halogens is 2. The van der Waals surface area contributed by atoms with E-state index in [1.807, 2.05) is 12.3 Å². The molecule has 9 heteroatoms. The monoisotopic (exact) mass is 462 g/mol. The Labute approximate surface area is 174 Å². The number of oxime groups is 1. The topological polar surface area (TPSA) is 91.7 Å². The maximum Gasteiger partial charge on any atom is 0.365 e. The number of amidine groups is 1. The lowest BCUT2D eigenvalue weighted by Gasteiger charge is -2.08. The maximum absolute atomic E-state index is 12.3. The SMILES string of the molecule is COc1ccc(Cl)cc1/C(N)=N/OC(=O)c1cccc(Cn2cc(Br)cn2)c1. The van der Waals surface area contributed by atoms with Gasteiger partial charge in [-0.15, -0.1) is 0 Å². The van der Waals surface area contributed by atoms with Crippen molar-refractivity contribution < 1.29 is 14.4 Å². The first-order valence-electron chi connectivity index (χ1n) is 8.12. The van der Waals surface area contributed by atoms with Crippen molar-refractivity contribution in [2.24, 2.45) is 10.9 Å². The molecule has 1 heterocycles. The molecule has 0 atom stereocenters. The Balaban J connectivity index is 1.73.